The van der Waals surface area contributed by atoms with Gasteiger partial charge in [-0.05, 0) is 5.92 Å². The first-order valence-corrected chi connectivity index (χ1v) is 6.53. The number of hydrogen-bond donors (Lipinski definition) is 2. The van der Waals surface area contributed by atoms with Gasteiger partial charge in [0.2, 0.25) is 5.88 Å². The predicted molar refractivity (Wildman–Crippen MR) is 78.2 cm³/mol. The first-order chi connectivity index (χ1) is 10.3. The number of aliphatic carboxylic acids is 1. The molecule has 0 aromatic rings. The Labute approximate surface area is 127 Å². The number of carbonyl (C=O) groups is 2. The van der Waals surface area contributed by atoms with Crippen molar-refractivity contribution in [2.75, 3.05) is 0 Å². The van der Waals surface area contributed by atoms with Gasteiger partial charge in [0.1, 0.15) is 6.04 Å². The van der Waals surface area contributed by atoms with E-state index in [9.17, 15) is 9.59 Å². The number of carboxylic acids is 1. The maximum absolute atomic E-state index is 10.6. The normalized spacial score (nSPS) is 11.5. The molecule has 0 saturated heterocycles. The molecule has 0 radical (unpaired) electrons. The predicted octanol–water partition coefficient (Wildman–Crippen LogP) is 0.956. The molecule has 22 heavy (non-hydrogen) atoms. The van der Waals surface area contributed by atoms with Crippen LogP contribution in [0.1, 0.15) is 20.8 Å². The minimum Gasteiger partial charge on any atom is -0.480 e. The molecule has 1 atom stereocenters. The van der Waals surface area contributed by atoms with E-state index in [1.807, 2.05) is 0 Å². The van der Waals surface area contributed by atoms with Gasteiger partial charge < -0.3 is 15.6 Å². The van der Waals surface area contributed by atoms with E-state index in [-0.39, 0.29) is 11.8 Å². The van der Waals surface area contributed by atoms with Crippen molar-refractivity contribution in [2.24, 2.45) is 11.7 Å². The van der Waals surface area contributed by atoms with Crippen LogP contribution < -0.4 is 10.5 Å². The van der Waals surface area contributed by atoms with Crippen LogP contribution in [0.4, 0.5) is 0 Å². The fourth-order valence-corrected chi connectivity index (χ4v) is 1.31. The van der Waals surface area contributed by atoms with Crippen LogP contribution in [0.2, 0.25) is 0 Å². The Morgan fingerprint density at radius 1 is 1.18 bits per heavy atom. The summed E-state index contributed by atoms with van der Waals surface area (Å²) in [5.41, 5.74) is 6.69. The standard InChI is InChI=1S/C9H7N3O2.C5H11NO2/c1-6(13)14-9-5-11-8-4-10-2-7(8)3-12-9;1-3(2)4(6)5(7)8/h2-5H,1H3;3-4H,6H2,1-2H3,(H,7,8)/t;4-/m.0/s1. The number of ether oxygens (including phenoxy) is 1. The molecule has 2 rings (SSSR count). The smallest absolute Gasteiger partial charge is 0.320 e. The number of hydrogen-bond acceptors (Lipinski definition) is 7. The summed E-state index contributed by atoms with van der Waals surface area (Å²) in [7, 11) is 0. The molecule has 2 aliphatic rings. The van der Waals surface area contributed by atoms with E-state index in [1.165, 1.54) is 13.1 Å². The molecule has 0 amide bonds. The Balaban J connectivity index is 0.000000261. The Morgan fingerprint density at radius 3 is 2.36 bits per heavy atom. The van der Waals surface area contributed by atoms with Crippen molar-refractivity contribution in [1.82, 2.24) is 15.0 Å². The maximum atomic E-state index is 10.6. The van der Waals surface area contributed by atoms with Crippen LogP contribution in [0.5, 0.6) is 5.88 Å². The van der Waals surface area contributed by atoms with Gasteiger partial charge in [0.05, 0.1) is 18.1 Å². The molecule has 0 bridgehead atoms. The number of fused-ring (bicyclic) bond motifs is 1. The zero-order chi connectivity index (χ0) is 16.7. The molecule has 3 N–H and O–H groups in total. The molecular weight excluding hydrogens is 288 g/mol. The number of carboxylic acid groups (broad SMARTS) is 1. The number of carbonyl (C=O) groups excluding carboxylic acids is 1. The fraction of sp³-hybridized carbons (Fsp3) is 0.357. The van der Waals surface area contributed by atoms with Gasteiger partial charge >= 0.3 is 11.9 Å². The lowest BCUT2D eigenvalue weighted by Crippen LogP contribution is -2.34. The highest BCUT2D eigenvalue weighted by molar-refractivity contribution is 5.73. The van der Waals surface area contributed by atoms with Crippen LogP contribution >= 0.6 is 0 Å². The molecule has 0 saturated carbocycles. The molecule has 0 fully saturated rings. The van der Waals surface area contributed by atoms with Crippen molar-refractivity contribution in [3.63, 3.8) is 0 Å². The lowest BCUT2D eigenvalue weighted by atomic mass is 10.1. The summed E-state index contributed by atoms with van der Waals surface area (Å²) in [6.45, 7) is 4.87. The van der Waals surface area contributed by atoms with Gasteiger partial charge in [-0.1, -0.05) is 13.8 Å². The lowest BCUT2D eigenvalue weighted by molar-refractivity contribution is -0.139. The van der Waals surface area contributed by atoms with Crippen molar-refractivity contribution in [2.45, 2.75) is 26.8 Å². The van der Waals surface area contributed by atoms with E-state index in [4.69, 9.17) is 15.6 Å². The summed E-state index contributed by atoms with van der Waals surface area (Å²) >= 11 is 0. The summed E-state index contributed by atoms with van der Waals surface area (Å²) in [6.07, 6.45) is 6.22. The van der Waals surface area contributed by atoms with Crippen LogP contribution in [0.25, 0.3) is 11.3 Å². The molecule has 0 unspecified atom stereocenters. The quantitative estimate of drug-likeness (QED) is 0.802. The molecule has 0 spiro atoms. The molecule has 0 aromatic carbocycles. The second-order valence-electron chi connectivity index (χ2n) is 4.80. The van der Waals surface area contributed by atoms with E-state index in [1.54, 1.807) is 32.4 Å². The Bertz CT molecular complexity index is 587. The zero-order valence-electron chi connectivity index (χ0n) is 12.6. The minimum absolute atomic E-state index is 0.0208. The topological polar surface area (TPSA) is 128 Å². The Hall–Kier alpha value is -2.61. The Morgan fingerprint density at radius 2 is 1.86 bits per heavy atom. The summed E-state index contributed by atoms with van der Waals surface area (Å²) in [4.78, 5) is 32.6. The highest BCUT2D eigenvalue weighted by atomic mass is 16.5. The molecular formula is C14H18N4O4. The third kappa shape index (κ3) is 5.41. The number of esters is 1. The number of nitrogens with two attached hydrogens (primary N) is 1. The first kappa shape index (κ1) is 17.4. The number of nitrogens with zero attached hydrogens (tertiary/aromatic N) is 3. The van der Waals surface area contributed by atoms with E-state index < -0.39 is 18.0 Å². The van der Waals surface area contributed by atoms with Crippen LogP contribution in [0.3, 0.4) is 0 Å². The molecule has 8 heteroatoms. The third-order valence-corrected chi connectivity index (χ3v) is 2.60. The van der Waals surface area contributed by atoms with Crippen molar-refractivity contribution >= 4 is 11.9 Å². The van der Waals surface area contributed by atoms with Gasteiger partial charge in [-0.3, -0.25) is 14.6 Å². The monoisotopic (exact) mass is 306 g/mol. The van der Waals surface area contributed by atoms with Gasteiger partial charge in [-0.15, -0.1) is 0 Å². The lowest BCUT2D eigenvalue weighted by Gasteiger charge is -2.07. The summed E-state index contributed by atoms with van der Waals surface area (Å²) in [6, 6.07) is -0.713. The molecule has 118 valence electrons. The first-order valence-electron chi connectivity index (χ1n) is 6.53. The van der Waals surface area contributed by atoms with Gasteiger partial charge in [0.15, 0.2) is 0 Å². The van der Waals surface area contributed by atoms with Gasteiger partial charge in [-0.25, -0.2) is 9.97 Å². The number of rotatable bonds is 3. The summed E-state index contributed by atoms with van der Waals surface area (Å²) in [5.74, 6) is -1.13. The minimum atomic E-state index is -0.931. The van der Waals surface area contributed by atoms with E-state index in [0.29, 0.717) is 0 Å². The van der Waals surface area contributed by atoms with Crippen molar-refractivity contribution < 1.29 is 19.4 Å². The van der Waals surface area contributed by atoms with Crippen LogP contribution in [0.15, 0.2) is 24.8 Å². The SMILES string of the molecule is CC(=O)Oc1cnc2cncc-2cn1.CC(C)[C@H](N)C(=O)O. The highest BCUT2D eigenvalue weighted by Gasteiger charge is 2.14. The third-order valence-electron chi connectivity index (χ3n) is 2.60. The Kier molecular flexibility index (Phi) is 6.33. The van der Waals surface area contributed by atoms with E-state index >= 15 is 0 Å². The average Bonchev–Trinajstić information content (AvgIpc) is 2.80. The summed E-state index contributed by atoms with van der Waals surface area (Å²) < 4.78 is 4.78. The molecule has 8 nitrogen and oxygen atoms in total. The van der Waals surface area contributed by atoms with Crippen molar-refractivity contribution in [3.05, 3.63) is 24.8 Å². The van der Waals surface area contributed by atoms with Gasteiger partial charge in [0, 0.05) is 24.9 Å². The molecule has 0 aliphatic carbocycles. The van der Waals surface area contributed by atoms with Crippen molar-refractivity contribution in [3.8, 4) is 17.1 Å². The van der Waals surface area contributed by atoms with E-state index in [0.717, 1.165) is 11.3 Å². The second-order valence-corrected chi connectivity index (χ2v) is 4.80. The molecule has 0 aromatic heterocycles. The van der Waals surface area contributed by atoms with Gasteiger partial charge in [-0.2, -0.15) is 0 Å². The number of aromatic nitrogens is 3. The molecule has 2 aliphatic heterocycles. The summed E-state index contributed by atoms with van der Waals surface area (Å²) in [5, 5.41) is 8.23. The molecule has 2 heterocycles. The van der Waals surface area contributed by atoms with Crippen LogP contribution in [-0.2, 0) is 9.59 Å². The van der Waals surface area contributed by atoms with E-state index in [2.05, 4.69) is 15.0 Å². The zero-order valence-corrected chi connectivity index (χ0v) is 12.6. The fourth-order valence-electron chi connectivity index (χ4n) is 1.31. The van der Waals surface area contributed by atoms with Crippen LogP contribution in [-0.4, -0.2) is 38.0 Å². The van der Waals surface area contributed by atoms with Crippen molar-refractivity contribution in [1.29, 1.82) is 0 Å². The highest BCUT2D eigenvalue weighted by Crippen LogP contribution is 2.16. The van der Waals surface area contributed by atoms with Crippen LogP contribution in [0, 0.1) is 5.92 Å². The van der Waals surface area contributed by atoms with Gasteiger partial charge in [0.25, 0.3) is 0 Å². The largest absolute Gasteiger partial charge is 0.480 e. The maximum Gasteiger partial charge on any atom is 0.320 e. The average molecular weight is 306 g/mol. The second kappa shape index (κ2) is 7.99.